The van der Waals surface area contributed by atoms with Gasteiger partial charge in [-0.05, 0) is 19.1 Å². The zero-order chi connectivity index (χ0) is 9.84. The van der Waals surface area contributed by atoms with Gasteiger partial charge in [0.1, 0.15) is 6.10 Å². The fraction of sp³-hybridized carbons (Fsp3) is 0.500. The molecular weight excluding hydrogens is 174 g/mol. The molecule has 1 aliphatic heterocycles. The first-order valence-electron chi connectivity index (χ1n) is 3.89. The third-order valence-corrected chi connectivity index (χ3v) is 1.58. The molecule has 0 aromatic rings. The second-order valence-electron chi connectivity index (χ2n) is 2.56. The summed E-state index contributed by atoms with van der Waals surface area (Å²) >= 11 is 0. The maximum absolute atomic E-state index is 10.9. The van der Waals surface area contributed by atoms with E-state index in [-0.39, 0.29) is 5.78 Å². The minimum absolute atomic E-state index is 0.128. The second-order valence-corrected chi connectivity index (χ2v) is 2.56. The van der Waals surface area contributed by atoms with Crippen molar-refractivity contribution in [1.29, 1.82) is 0 Å². The van der Waals surface area contributed by atoms with Crippen LogP contribution in [0.2, 0.25) is 0 Å². The van der Waals surface area contributed by atoms with Gasteiger partial charge < -0.3 is 14.8 Å². The van der Waals surface area contributed by atoms with Gasteiger partial charge in [0, 0.05) is 7.05 Å². The first kappa shape index (κ1) is 9.73. The quantitative estimate of drug-likeness (QED) is 0.634. The van der Waals surface area contributed by atoms with Crippen molar-refractivity contribution in [3.63, 3.8) is 0 Å². The van der Waals surface area contributed by atoms with Crippen LogP contribution in [-0.2, 0) is 14.3 Å². The Morgan fingerprint density at radius 1 is 1.69 bits per heavy atom. The molecule has 0 aliphatic carbocycles. The summed E-state index contributed by atoms with van der Waals surface area (Å²) in [7, 11) is 1.45. The van der Waals surface area contributed by atoms with Crippen molar-refractivity contribution >= 4 is 11.9 Å². The largest absolute Gasteiger partial charge is 0.416 e. The van der Waals surface area contributed by atoms with Gasteiger partial charge in [-0.1, -0.05) is 0 Å². The molecule has 5 nitrogen and oxygen atoms in total. The molecule has 0 aromatic heterocycles. The Hall–Kier alpha value is -1.36. The predicted octanol–water partition coefficient (Wildman–Crippen LogP) is 0.212. The molecule has 0 radical (unpaired) electrons. The molecule has 5 heteroatoms. The first-order chi connectivity index (χ1) is 6.13. The molecule has 0 unspecified atom stereocenters. The SMILES string of the molecule is CNC(=O)O[C@@H]1C=CC(=O)[C@@H](C)O1. The summed E-state index contributed by atoms with van der Waals surface area (Å²) in [6.07, 6.45) is 0.836. The number of hydrogen-bond donors (Lipinski definition) is 1. The van der Waals surface area contributed by atoms with E-state index in [1.54, 1.807) is 6.92 Å². The van der Waals surface area contributed by atoms with Crippen molar-refractivity contribution in [2.75, 3.05) is 7.05 Å². The van der Waals surface area contributed by atoms with Gasteiger partial charge in [0.2, 0.25) is 6.29 Å². The highest BCUT2D eigenvalue weighted by atomic mass is 16.7. The van der Waals surface area contributed by atoms with Gasteiger partial charge in [-0.2, -0.15) is 0 Å². The first-order valence-corrected chi connectivity index (χ1v) is 3.89. The van der Waals surface area contributed by atoms with Gasteiger partial charge in [-0.3, -0.25) is 4.79 Å². The lowest BCUT2D eigenvalue weighted by atomic mass is 10.2. The van der Waals surface area contributed by atoms with Crippen LogP contribution in [0.15, 0.2) is 12.2 Å². The van der Waals surface area contributed by atoms with Gasteiger partial charge in [-0.25, -0.2) is 4.79 Å². The maximum atomic E-state index is 10.9. The number of carbonyl (C=O) groups excluding carboxylic acids is 2. The molecule has 0 aromatic carbocycles. The van der Waals surface area contributed by atoms with Crippen LogP contribution in [0.5, 0.6) is 0 Å². The molecule has 1 N–H and O–H groups in total. The summed E-state index contributed by atoms with van der Waals surface area (Å²) in [5.74, 6) is -0.128. The topological polar surface area (TPSA) is 64.6 Å². The summed E-state index contributed by atoms with van der Waals surface area (Å²) in [5.41, 5.74) is 0. The van der Waals surface area contributed by atoms with Crippen molar-refractivity contribution in [3.05, 3.63) is 12.2 Å². The molecule has 2 atom stereocenters. The van der Waals surface area contributed by atoms with Gasteiger partial charge >= 0.3 is 6.09 Å². The predicted molar refractivity (Wildman–Crippen MR) is 44.0 cm³/mol. The summed E-state index contributed by atoms with van der Waals surface area (Å²) < 4.78 is 9.80. The number of carbonyl (C=O) groups is 2. The van der Waals surface area contributed by atoms with E-state index in [4.69, 9.17) is 9.47 Å². The van der Waals surface area contributed by atoms with Crippen molar-refractivity contribution in [3.8, 4) is 0 Å². The zero-order valence-electron chi connectivity index (χ0n) is 7.44. The smallest absolute Gasteiger partial charge is 0.409 e. The van der Waals surface area contributed by atoms with Crippen molar-refractivity contribution < 1.29 is 19.1 Å². The number of nitrogens with one attached hydrogen (secondary N) is 1. The van der Waals surface area contributed by atoms with E-state index < -0.39 is 18.5 Å². The number of ketones is 1. The molecule has 0 saturated carbocycles. The molecule has 0 bridgehead atoms. The highest BCUT2D eigenvalue weighted by molar-refractivity contribution is 5.93. The van der Waals surface area contributed by atoms with E-state index in [1.165, 1.54) is 19.2 Å². The Morgan fingerprint density at radius 3 is 2.92 bits per heavy atom. The summed E-state index contributed by atoms with van der Waals surface area (Å²) in [4.78, 5) is 21.7. The average molecular weight is 185 g/mol. The van der Waals surface area contributed by atoms with Crippen LogP contribution in [0.3, 0.4) is 0 Å². The average Bonchev–Trinajstić information content (AvgIpc) is 2.11. The van der Waals surface area contributed by atoms with Crippen LogP contribution < -0.4 is 5.32 Å². The van der Waals surface area contributed by atoms with Crippen LogP contribution in [0.1, 0.15) is 6.92 Å². The third-order valence-electron chi connectivity index (χ3n) is 1.58. The molecule has 1 rings (SSSR count). The highest BCUT2D eigenvalue weighted by Gasteiger charge is 2.23. The lowest BCUT2D eigenvalue weighted by molar-refractivity contribution is -0.145. The van der Waals surface area contributed by atoms with E-state index in [9.17, 15) is 9.59 Å². The Balaban J connectivity index is 2.50. The van der Waals surface area contributed by atoms with Gasteiger partial charge in [-0.15, -0.1) is 0 Å². The summed E-state index contributed by atoms with van der Waals surface area (Å²) in [6, 6.07) is 0. The molecule has 0 fully saturated rings. The molecule has 1 aliphatic rings. The summed E-state index contributed by atoms with van der Waals surface area (Å²) in [6.45, 7) is 1.60. The minimum atomic E-state index is -0.771. The second kappa shape index (κ2) is 4.04. The van der Waals surface area contributed by atoms with Gasteiger partial charge in [0.25, 0.3) is 0 Å². The Kier molecular flexibility index (Phi) is 3.02. The zero-order valence-corrected chi connectivity index (χ0v) is 7.44. The molecule has 0 spiro atoms. The van der Waals surface area contributed by atoms with E-state index in [1.807, 2.05) is 0 Å². The van der Waals surface area contributed by atoms with E-state index in [0.29, 0.717) is 0 Å². The van der Waals surface area contributed by atoms with Gasteiger partial charge in [0.15, 0.2) is 5.78 Å². The highest BCUT2D eigenvalue weighted by Crippen LogP contribution is 2.09. The number of hydrogen-bond acceptors (Lipinski definition) is 4. The lowest BCUT2D eigenvalue weighted by Crippen LogP contribution is -2.34. The Labute approximate surface area is 75.7 Å². The van der Waals surface area contributed by atoms with Crippen LogP contribution in [-0.4, -0.2) is 31.3 Å². The van der Waals surface area contributed by atoms with Crippen molar-refractivity contribution in [1.82, 2.24) is 5.32 Å². The molecule has 0 saturated heterocycles. The molecule has 13 heavy (non-hydrogen) atoms. The third kappa shape index (κ3) is 2.55. The lowest BCUT2D eigenvalue weighted by Gasteiger charge is -2.21. The maximum Gasteiger partial charge on any atom is 0.409 e. The molecular formula is C8H11NO4. The standard InChI is InChI=1S/C8H11NO4/c1-5-6(10)3-4-7(12-5)13-8(11)9-2/h3-5,7H,1-2H3,(H,9,11)/t5-,7-/m1/s1. The van der Waals surface area contributed by atoms with Crippen LogP contribution in [0.25, 0.3) is 0 Å². The summed E-state index contributed by atoms with van der Waals surface area (Å²) in [5, 5.41) is 2.28. The normalized spacial score (nSPS) is 27.1. The molecule has 1 amide bonds. The van der Waals surface area contributed by atoms with E-state index in [2.05, 4.69) is 5.32 Å². The number of amides is 1. The fourth-order valence-corrected chi connectivity index (χ4v) is 0.854. The van der Waals surface area contributed by atoms with E-state index >= 15 is 0 Å². The van der Waals surface area contributed by atoms with E-state index in [0.717, 1.165) is 0 Å². The molecule has 72 valence electrons. The number of alkyl carbamates (subject to hydrolysis) is 1. The fourth-order valence-electron chi connectivity index (χ4n) is 0.854. The van der Waals surface area contributed by atoms with Crippen LogP contribution in [0.4, 0.5) is 4.79 Å². The number of ether oxygens (including phenoxy) is 2. The number of rotatable bonds is 1. The molecule has 1 heterocycles. The van der Waals surface area contributed by atoms with Crippen LogP contribution >= 0.6 is 0 Å². The van der Waals surface area contributed by atoms with Gasteiger partial charge in [0.05, 0.1) is 0 Å². The van der Waals surface area contributed by atoms with Crippen molar-refractivity contribution in [2.45, 2.75) is 19.3 Å². The monoisotopic (exact) mass is 185 g/mol. The van der Waals surface area contributed by atoms with Crippen molar-refractivity contribution in [2.24, 2.45) is 0 Å². The van der Waals surface area contributed by atoms with Crippen LogP contribution in [0, 0.1) is 0 Å². The Morgan fingerprint density at radius 2 is 2.38 bits per heavy atom. The Bertz CT molecular complexity index is 249. The minimum Gasteiger partial charge on any atom is -0.416 e.